The van der Waals surface area contributed by atoms with Crippen molar-refractivity contribution in [2.75, 3.05) is 30.5 Å². The van der Waals surface area contributed by atoms with Crippen LogP contribution in [-0.2, 0) is 28.8 Å². The molecule has 0 spiro atoms. The first-order chi connectivity index (χ1) is 18.0. The minimum absolute atomic E-state index is 0.0410. The number of hydrogen-bond donors (Lipinski definition) is 1. The van der Waals surface area contributed by atoms with Crippen molar-refractivity contribution in [3.63, 3.8) is 0 Å². The number of benzene rings is 1. The Balaban J connectivity index is 1.40. The van der Waals surface area contributed by atoms with Crippen molar-refractivity contribution >= 4 is 51.7 Å². The highest BCUT2D eigenvalue weighted by Gasteiger charge is 2.28. The molecule has 11 heteroatoms. The lowest BCUT2D eigenvalue weighted by Crippen LogP contribution is -2.24. The van der Waals surface area contributed by atoms with Crippen molar-refractivity contribution in [3.05, 3.63) is 56.3 Å². The monoisotopic (exact) mass is 557 g/mol. The van der Waals surface area contributed by atoms with Crippen LogP contribution in [0, 0.1) is 0 Å². The first-order valence-electron chi connectivity index (χ1n) is 12.2. The van der Waals surface area contributed by atoms with Gasteiger partial charge in [-0.15, -0.1) is 23.1 Å². The number of amides is 1. The summed E-state index contributed by atoms with van der Waals surface area (Å²) in [5.41, 5.74) is 2.80. The summed E-state index contributed by atoms with van der Waals surface area (Å²) >= 11 is 4.18. The van der Waals surface area contributed by atoms with Gasteiger partial charge in [0.1, 0.15) is 10.8 Å². The number of fused-ring (bicyclic) bond motifs is 2. The largest absolute Gasteiger partial charge is 0.497 e. The zero-order chi connectivity index (χ0) is 25.9. The number of aryl methyl sites for hydroxylation is 2. The number of hydrogen-bond acceptors (Lipinski definition) is 9. The molecule has 194 valence electrons. The molecule has 2 aromatic heterocycles. The van der Waals surface area contributed by atoms with Crippen molar-refractivity contribution in [3.8, 4) is 11.4 Å². The molecule has 1 aliphatic carbocycles. The zero-order valence-corrected chi connectivity index (χ0v) is 23.1. The van der Waals surface area contributed by atoms with E-state index in [2.05, 4.69) is 5.32 Å². The van der Waals surface area contributed by atoms with Crippen LogP contribution >= 0.6 is 34.9 Å². The molecule has 0 saturated heterocycles. The summed E-state index contributed by atoms with van der Waals surface area (Å²) in [6, 6.07) is 7.19. The molecule has 0 bridgehead atoms. The molecule has 0 fully saturated rings. The van der Waals surface area contributed by atoms with Gasteiger partial charge < -0.3 is 14.8 Å². The molecule has 37 heavy (non-hydrogen) atoms. The number of nitrogens with zero attached hydrogens (tertiary/aromatic N) is 2. The minimum Gasteiger partial charge on any atom is -0.497 e. The molecule has 0 unspecified atom stereocenters. The molecule has 5 rings (SSSR count). The number of nitrogens with one attached hydrogen (secondary N) is 1. The van der Waals surface area contributed by atoms with E-state index >= 15 is 0 Å². The third kappa shape index (κ3) is 5.30. The van der Waals surface area contributed by atoms with Gasteiger partial charge in [0, 0.05) is 17.1 Å². The van der Waals surface area contributed by atoms with Crippen molar-refractivity contribution < 1.29 is 19.1 Å². The van der Waals surface area contributed by atoms with Crippen LogP contribution in [0.4, 0.5) is 5.00 Å². The Morgan fingerprint density at radius 2 is 1.95 bits per heavy atom. The van der Waals surface area contributed by atoms with Crippen LogP contribution < -0.4 is 15.6 Å². The summed E-state index contributed by atoms with van der Waals surface area (Å²) in [4.78, 5) is 45.7. The van der Waals surface area contributed by atoms with E-state index in [0.29, 0.717) is 32.1 Å². The van der Waals surface area contributed by atoms with E-state index < -0.39 is 5.97 Å². The number of carbonyl (C=O) groups excluding carboxylic acids is 2. The fraction of sp³-hybridized carbons (Fsp3) is 0.385. The minimum atomic E-state index is -0.393. The standard InChI is InChI=1S/C26H27N3O5S3/c1-3-34-25(32)21-17-6-4-5-7-19(17)37-23(21)28-20(30)14-36-26-27-18-12-13-35-22(18)24(31)29(26)15-8-10-16(33-2)11-9-15/h8-11H,3-7,12-14H2,1-2H3,(H,28,30). The Hall–Kier alpha value is -2.76. The predicted molar refractivity (Wildman–Crippen MR) is 147 cm³/mol. The molecule has 8 nitrogen and oxygen atoms in total. The van der Waals surface area contributed by atoms with Gasteiger partial charge in [-0.05, 0) is 62.4 Å². The number of anilines is 1. The van der Waals surface area contributed by atoms with E-state index in [1.54, 1.807) is 42.9 Å². The van der Waals surface area contributed by atoms with E-state index in [1.165, 1.54) is 34.9 Å². The van der Waals surface area contributed by atoms with Crippen LogP contribution in [0.25, 0.3) is 5.69 Å². The summed E-state index contributed by atoms with van der Waals surface area (Å²) in [6.07, 6.45) is 4.54. The van der Waals surface area contributed by atoms with E-state index in [-0.39, 0.29) is 23.8 Å². The Morgan fingerprint density at radius 1 is 1.16 bits per heavy atom. The van der Waals surface area contributed by atoms with Gasteiger partial charge in [-0.2, -0.15) is 0 Å². The van der Waals surface area contributed by atoms with E-state index in [1.807, 2.05) is 0 Å². The summed E-state index contributed by atoms with van der Waals surface area (Å²) in [5.74, 6) is 0.883. The smallest absolute Gasteiger partial charge is 0.341 e. The molecule has 0 saturated carbocycles. The highest BCUT2D eigenvalue weighted by Crippen LogP contribution is 2.39. The normalized spacial score (nSPS) is 14.1. The van der Waals surface area contributed by atoms with Crippen molar-refractivity contribution in [1.82, 2.24) is 9.55 Å². The number of thiophene rings is 1. The van der Waals surface area contributed by atoms with Crippen LogP contribution in [0.2, 0.25) is 0 Å². The maximum absolute atomic E-state index is 13.4. The average Bonchev–Trinajstić information content (AvgIpc) is 3.52. The average molecular weight is 558 g/mol. The van der Waals surface area contributed by atoms with Gasteiger partial charge in [0.25, 0.3) is 5.56 Å². The Kier molecular flexibility index (Phi) is 7.92. The molecule has 3 aromatic rings. The van der Waals surface area contributed by atoms with Crippen molar-refractivity contribution in [2.45, 2.75) is 49.1 Å². The van der Waals surface area contributed by atoms with Crippen LogP contribution in [0.3, 0.4) is 0 Å². The number of methoxy groups -OCH3 is 1. The third-order valence-electron chi connectivity index (χ3n) is 6.23. The molecule has 3 heterocycles. The first kappa shape index (κ1) is 25.9. The first-order valence-corrected chi connectivity index (χ1v) is 15.0. The topological polar surface area (TPSA) is 99.5 Å². The van der Waals surface area contributed by atoms with Crippen molar-refractivity contribution in [1.29, 1.82) is 0 Å². The number of rotatable bonds is 8. The second-order valence-electron chi connectivity index (χ2n) is 8.58. The fourth-order valence-electron chi connectivity index (χ4n) is 4.51. The molecule has 1 aliphatic heterocycles. The third-order valence-corrected chi connectivity index (χ3v) is 9.49. The van der Waals surface area contributed by atoms with Crippen LogP contribution in [0.1, 0.15) is 46.3 Å². The Labute approximate surface area is 227 Å². The van der Waals surface area contributed by atoms with Crippen molar-refractivity contribution in [2.24, 2.45) is 0 Å². The number of thioether (sulfide) groups is 2. The molecular formula is C26H27N3O5S3. The van der Waals surface area contributed by atoms with Crippen LogP contribution in [0.5, 0.6) is 5.75 Å². The van der Waals surface area contributed by atoms with E-state index in [0.717, 1.165) is 54.0 Å². The molecule has 0 atom stereocenters. The number of esters is 1. The number of carbonyl (C=O) groups is 2. The van der Waals surface area contributed by atoms with Gasteiger partial charge in [-0.3, -0.25) is 14.2 Å². The summed E-state index contributed by atoms with van der Waals surface area (Å²) in [6.45, 7) is 2.05. The van der Waals surface area contributed by atoms with Gasteiger partial charge in [-0.1, -0.05) is 11.8 Å². The number of ether oxygens (including phenoxy) is 2. The highest BCUT2D eigenvalue weighted by atomic mass is 32.2. The van der Waals surface area contributed by atoms with E-state index in [4.69, 9.17) is 14.5 Å². The fourth-order valence-corrected chi connectivity index (χ4v) is 7.66. The Morgan fingerprint density at radius 3 is 2.70 bits per heavy atom. The maximum Gasteiger partial charge on any atom is 0.341 e. The highest BCUT2D eigenvalue weighted by molar-refractivity contribution is 8.00. The zero-order valence-electron chi connectivity index (χ0n) is 20.6. The van der Waals surface area contributed by atoms with Crippen LogP contribution in [0.15, 0.2) is 39.1 Å². The summed E-state index contributed by atoms with van der Waals surface area (Å²) < 4.78 is 12.1. The molecular weight excluding hydrogens is 531 g/mol. The van der Waals surface area contributed by atoms with Gasteiger partial charge in [0.15, 0.2) is 5.16 Å². The predicted octanol–water partition coefficient (Wildman–Crippen LogP) is 4.74. The summed E-state index contributed by atoms with van der Waals surface area (Å²) in [7, 11) is 1.59. The van der Waals surface area contributed by atoms with E-state index in [9.17, 15) is 14.4 Å². The van der Waals surface area contributed by atoms with Gasteiger partial charge in [0.2, 0.25) is 5.91 Å². The molecule has 1 aromatic carbocycles. The molecule has 2 aliphatic rings. The molecule has 1 amide bonds. The lowest BCUT2D eigenvalue weighted by atomic mass is 9.95. The quantitative estimate of drug-likeness (QED) is 0.241. The second-order valence-corrected chi connectivity index (χ2v) is 11.7. The number of aromatic nitrogens is 2. The lowest BCUT2D eigenvalue weighted by molar-refractivity contribution is -0.113. The Bertz CT molecular complexity index is 1400. The SMILES string of the molecule is CCOC(=O)c1c(NC(=O)CSc2nc3c(c(=O)n2-c2ccc(OC)cc2)SCC3)sc2c1CCCC2. The molecule has 1 N–H and O–H groups in total. The molecule has 0 radical (unpaired) electrons. The van der Waals surface area contributed by atoms with Gasteiger partial charge >= 0.3 is 5.97 Å². The van der Waals surface area contributed by atoms with Gasteiger partial charge in [-0.25, -0.2) is 9.78 Å². The second kappa shape index (κ2) is 11.3. The van der Waals surface area contributed by atoms with Crippen LogP contribution in [-0.4, -0.2) is 46.6 Å². The lowest BCUT2D eigenvalue weighted by Gasteiger charge is -2.14. The summed E-state index contributed by atoms with van der Waals surface area (Å²) in [5, 5.41) is 3.94. The maximum atomic E-state index is 13.4. The van der Waals surface area contributed by atoms with Gasteiger partial charge in [0.05, 0.1) is 41.3 Å².